The van der Waals surface area contributed by atoms with Gasteiger partial charge in [-0.2, -0.15) is 10.1 Å². The summed E-state index contributed by atoms with van der Waals surface area (Å²) in [4.78, 5) is 12.1. The first kappa shape index (κ1) is 15.7. The molecule has 0 fully saturated rings. The first-order valence-electron chi connectivity index (χ1n) is 7.45. The summed E-state index contributed by atoms with van der Waals surface area (Å²) in [7, 11) is 0. The molecule has 0 amide bonds. The molecule has 10 heteroatoms. The fourth-order valence-electron chi connectivity index (χ4n) is 2.18. The minimum Gasteiger partial charge on any atom is -0.463 e. The molecule has 0 saturated heterocycles. The Morgan fingerprint density at radius 1 is 0.962 bits per heavy atom. The van der Waals surface area contributed by atoms with Gasteiger partial charge in [0, 0.05) is 17.8 Å². The number of hydrogen-bond donors (Lipinski definition) is 3. The predicted molar refractivity (Wildman–Crippen MR) is 89.0 cm³/mol. The van der Waals surface area contributed by atoms with E-state index in [9.17, 15) is 8.78 Å². The fraction of sp³-hybridized carbons (Fsp3) is 0. The molecule has 0 aliphatic heterocycles. The number of anilines is 4. The normalized spacial score (nSPS) is 10.7. The van der Waals surface area contributed by atoms with Crippen LogP contribution in [0.25, 0.3) is 11.5 Å². The lowest BCUT2D eigenvalue weighted by atomic mass is 10.3. The molecule has 0 unspecified atom stereocenters. The molecule has 3 N–H and O–H groups in total. The molecule has 0 bridgehead atoms. The monoisotopic (exact) mass is 355 g/mol. The molecule has 26 heavy (non-hydrogen) atoms. The Kier molecular flexibility index (Phi) is 3.98. The van der Waals surface area contributed by atoms with E-state index in [4.69, 9.17) is 4.42 Å². The van der Waals surface area contributed by atoms with Crippen molar-refractivity contribution < 1.29 is 13.2 Å². The van der Waals surface area contributed by atoms with E-state index >= 15 is 0 Å². The molecule has 130 valence electrons. The largest absolute Gasteiger partial charge is 0.463 e. The average Bonchev–Trinajstić information content (AvgIpc) is 3.30. The minimum absolute atomic E-state index is 0.162. The minimum atomic E-state index is -0.968. The molecule has 1 aromatic carbocycles. The van der Waals surface area contributed by atoms with E-state index in [1.165, 1.54) is 12.4 Å². The van der Waals surface area contributed by atoms with E-state index in [0.717, 1.165) is 12.1 Å². The lowest BCUT2D eigenvalue weighted by molar-refractivity contribution is 0.509. The van der Waals surface area contributed by atoms with Gasteiger partial charge >= 0.3 is 0 Å². The second kappa shape index (κ2) is 6.59. The van der Waals surface area contributed by atoms with Crippen LogP contribution in [0.5, 0.6) is 0 Å². The first-order chi connectivity index (χ1) is 12.7. The number of aromatic amines is 1. The van der Waals surface area contributed by atoms with Crippen LogP contribution in [-0.2, 0) is 0 Å². The van der Waals surface area contributed by atoms with Crippen LogP contribution in [0.2, 0.25) is 0 Å². The van der Waals surface area contributed by atoms with Crippen LogP contribution in [0.3, 0.4) is 0 Å². The van der Waals surface area contributed by atoms with Crippen molar-refractivity contribution in [1.82, 2.24) is 25.1 Å². The van der Waals surface area contributed by atoms with Gasteiger partial charge in [0.2, 0.25) is 11.9 Å². The highest BCUT2D eigenvalue weighted by molar-refractivity contribution is 5.60. The zero-order valence-corrected chi connectivity index (χ0v) is 13.1. The van der Waals surface area contributed by atoms with Crippen LogP contribution in [0.15, 0.2) is 53.4 Å². The molecule has 0 atom stereocenters. The Labute approximate surface area is 145 Å². The number of aromatic nitrogens is 5. The van der Waals surface area contributed by atoms with Gasteiger partial charge in [0.25, 0.3) is 0 Å². The van der Waals surface area contributed by atoms with Crippen molar-refractivity contribution >= 4 is 23.4 Å². The molecule has 8 nitrogen and oxygen atoms in total. The van der Waals surface area contributed by atoms with Crippen molar-refractivity contribution in [1.29, 1.82) is 0 Å². The third-order valence-electron chi connectivity index (χ3n) is 3.35. The Morgan fingerprint density at radius 2 is 1.81 bits per heavy atom. The van der Waals surface area contributed by atoms with Crippen LogP contribution < -0.4 is 10.6 Å². The molecule has 0 aliphatic rings. The maximum atomic E-state index is 13.3. The SMILES string of the molecule is Fc1ccc(Nc2ncnc(Nc3cc(-c4ccco4)[nH]n3)n2)cc1F. The van der Waals surface area contributed by atoms with Crippen molar-refractivity contribution in [2.24, 2.45) is 0 Å². The second-order valence-corrected chi connectivity index (χ2v) is 5.16. The summed E-state index contributed by atoms with van der Waals surface area (Å²) < 4.78 is 31.5. The summed E-state index contributed by atoms with van der Waals surface area (Å²) in [5.74, 6) is -0.398. The van der Waals surface area contributed by atoms with Gasteiger partial charge in [-0.15, -0.1) is 0 Å². The van der Waals surface area contributed by atoms with Gasteiger partial charge in [0.15, 0.2) is 23.2 Å². The first-order valence-corrected chi connectivity index (χ1v) is 7.45. The maximum Gasteiger partial charge on any atom is 0.233 e. The third-order valence-corrected chi connectivity index (χ3v) is 3.35. The van der Waals surface area contributed by atoms with Crippen LogP contribution in [-0.4, -0.2) is 25.1 Å². The number of hydrogen-bond acceptors (Lipinski definition) is 7. The van der Waals surface area contributed by atoms with Gasteiger partial charge < -0.3 is 15.1 Å². The van der Waals surface area contributed by atoms with Crippen molar-refractivity contribution in [3.8, 4) is 11.5 Å². The van der Waals surface area contributed by atoms with Crippen LogP contribution >= 0.6 is 0 Å². The predicted octanol–water partition coefficient (Wildman–Crippen LogP) is 3.62. The summed E-state index contributed by atoms with van der Waals surface area (Å²) >= 11 is 0. The summed E-state index contributed by atoms with van der Waals surface area (Å²) in [6, 6.07) is 8.69. The lowest BCUT2D eigenvalue weighted by Crippen LogP contribution is -2.03. The van der Waals surface area contributed by atoms with E-state index in [-0.39, 0.29) is 11.9 Å². The highest BCUT2D eigenvalue weighted by Crippen LogP contribution is 2.22. The molecule has 0 saturated carbocycles. The number of furan rings is 1. The van der Waals surface area contributed by atoms with Crippen molar-refractivity contribution in [2.75, 3.05) is 10.6 Å². The van der Waals surface area contributed by atoms with Gasteiger partial charge in [0.1, 0.15) is 12.0 Å². The Balaban J connectivity index is 1.50. The molecule has 4 rings (SSSR count). The smallest absolute Gasteiger partial charge is 0.233 e. The summed E-state index contributed by atoms with van der Waals surface area (Å²) in [5, 5.41) is 12.6. The summed E-state index contributed by atoms with van der Waals surface area (Å²) in [5.41, 5.74) is 0.993. The molecular formula is C16H11F2N7O. The zero-order valence-electron chi connectivity index (χ0n) is 13.1. The maximum absolute atomic E-state index is 13.3. The Morgan fingerprint density at radius 3 is 2.58 bits per heavy atom. The van der Waals surface area contributed by atoms with Crippen molar-refractivity contribution in [2.45, 2.75) is 0 Å². The van der Waals surface area contributed by atoms with E-state index in [1.807, 2.05) is 0 Å². The van der Waals surface area contributed by atoms with E-state index in [2.05, 4.69) is 35.8 Å². The number of rotatable bonds is 5. The highest BCUT2D eigenvalue weighted by Gasteiger charge is 2.09. The lowest BCUT2D eigenvalue weighted by Gasteiger charge is -2.06. The quantitative estimate of drug-likeness (QED) is 0.502. The van der Waals surface area contributed by atoms with Gasteiger partial charge in [-0.25, -0.2) is 18.7 Å². The molecule has 4 aromatic rings. The van der Waals surface area contributed by atoms with Gasteiger partial charge in [-0.05, 0) is 24.3 Å². The molecule has 0 spiro atoms. The second-order valence-electron chi connectivity index (χ2n) is 5.16. The average molecular weight is 355 g/mol. The zero-order chi connectivity index (χ0) is 17.9. The molecule has 0 radical (unpaired) electrons. The van der Waals surface area contributed by atoms with E-state index < -0.39 is 11.6 Å². The third kappa shape index (κ3) is 3.34. The molecule has 3 aromatic heterocycles. The molecule has 0 aliphatic carbocycles. The summed E-state index contributed by atoms with van der Waals surface area (Å²) in [6.07, 6.45) is 2.84. The number of H-pyrrole nitrogens is 1. The highest BCUT2D eigenvalue weighted by atomic mass is 19.2. The van der Waals surface area contributed by atoms with Crippen LogP contribution in [0.4, 0.5) is 32.2 Å². The molecular weight excluding hydrogens is 344 g/mol. The van der Waals surface area contributed by atoms with E-state index in [1.54, 1.807) is 24.5 Å². The van der Waals surface area contributed by atoms with Crippen LogP contribution in [0, 0.1) is 11.6 Å². The Hall–Kier alpha value is -3.82. The number of nitrogens with one attached hydrogen (secondary N) is 3. The number of benzene rings is 1. The van der Waals surface area contributed by atoms with Crippen molar-refractivity contribution in [3.05, 3.63) is 60.6 Å². The van der Waals surface area contributed by atoms with Gasteiger partial charge in [-0.1, -0.05) is 0 Å². The van der Waals surface area contributed by atoms with Gasteiger partial charge in [0.05, 0.1) is 6.26 Å². The number of halogens is 2. The number of nitrogens with zero attached hydrogens (tertiary/aromatic N) is 4. The standard InChI is InChI=1S/C16H11F2N7O/c17-10-4-3-9(6-11(10)18)21-15-19-8-20-16(23-15)22-14-7-12(24-25-14)13-2-1-5-26-13/h1-8H,(H3,19,20,21,22,23,24,25). The van der Waals surface area contributed by atoms with Crippen LogP contribution in [0.1, 0.15) is 0 Å². The van der Waals surface area contributed by atoms with Crippen molar-refractivity contribution in [3.63, 3.8) is 0 Å². The Bertz CT molecular complexity index is 1030. The van der Waals surface area contributed by atoms with E-state index in [0.29, 0.717) is 23.0 Å². The topological polar surface area (TPSA) is 105 Å². The van der Waals surface area contributed by atoms with Gasteiger partial charge in [-0.3, -0.25) is 5.10 Å². The fourth-order valence-corrected chi connectivity index (χ4v) is 2.18. The summed E-state index contributed by atoms with van der Waals surface area (Å²) in [6.45, 7) is 0. The molecule has 3 heterocycles.